The van der Waals surface area contributed by atoms with E-state index in [0.717, 1.165) is 44.3 Å². The molecule has 1 N–H and O–H groups in total. The van der Waals surface area contributed by atoms with Gasteiger partial charge in [0.1, 0.15) is 0 Å². The van der Waals surface area contributed by atoms with E-state index in [1.165, 1.54) is 25.9 Å². The average Bonchev–Trinajstić information content (AvgIpc) is 2.56. The third kappa shape index (κ3) is 4.07. The van der Waals surface area contributed by atoms with Gasteiger partial charge in [0.25, 0.3) is 0 Å². The standard InChI is InChI=1S/C18H29N3O/c1-19-9-5-8-17(14-19)21-12-10-20(11-13-21)15-18(22)16-6-3-2-4-7-16/h2-4,6-7,17-18,22H,5,8-15H2,1H3. The van der Waals surface area contributed by atoms with E-state index < -0.39 is 0 Å². The molecule has 0 amide bonds. The molecule has 4 nitrogen and oxygen atoms in total. The van der Waals surface area contributed by atoms with Crippen molar-refractivity contribution in [3.8, 4) is 0 Å². The van der Waals surface area contributed by atoms with E-state index in [0.29, 0.717) is 0 Å². The van der Waals surface area contributed by atoms with Crippen LogP contribution in [0, 0.1) is 0 Å². The van der Waals surface area contributed by atoms with Crippen molar-refractivity contribution in [2.45, 2.75) is 25.0 Å². The first kappa shape index (κ1) is 15.9. The van der Waals surface area contributed by atoms with Crippen molar-refractivity contribution in [2.75, 3.05) is 52.9 Å². The Balaban J connectivity index is 1.45. The lowest BCUT2D eigenvalue weighted by Gasteiger charge is -2.43. The van der Waals surface area contributed by atoms with Gasteiger partial charge in [0.2, 0.25) is 0 Å². The van der Waals surface area contributed by atoms with Crippen molar-refractivity contribution < 1.29 is 5.11 Å². The van der Waals surface area contributed by atoms with Crippen LogP contribution in [-0.4, -0.2) is 78.7 Å². The highest BCUT2D eigenvalue weighted by Gasteiger charge is 2.27. The van der Waals surface area contributed by atoms with Gasteiger partial charge in [-0.25, -0.2) is 0 Å². The number of likely N-dealkylation sites (N-methyl/N-ethyl adjacent to an activating group) is 1. The van der Waals surface area contributed by atoms with Gasteiger partial charge in [-0.05, 0) is 32.0 Å². The summed E-state index contributed by atoms with van der Waals surface area (Å²) in [5.41, 5.74) is 1.03. The number of benzene rings is 1. The normalized spacial score (nSPS) is 26.9. The van der Waals surface area contributed by atoms with Crippen LogP contribution in [0.5, 0.6) is 0 Å². The molecule has 122 valence electrons. The van der Waals surface area contributed by atoms with E-state index in [2.05, 4.69) is 21.7 Å². The van der Waals surface area contributed by atoms with E-state index in [4.69, 9.17) is 0 Å². The van der Waals surface area contributed by atoms with Crippen LogP contribution in [0.15, 0.2) is 30.3 Å². The van der Waals surface area contributed by atoms with Crippen LogP contribution >= 0.6 is 0 Å². The molecule has 2 aliphatic heterocycles. The molecule has 0 aliphatic carbocycles. The molecule has 22 heavy (non-hydrogen) atoms. The second-order valence-electron chi connectivity index (χ2n) is 6.82. The van der Waals surface area contributed by atoms with E-state index in [1.54, 1.807) is 0 Å². The minimum absolute atomic E-state index is 0.367. The third-order valence-electron chi connectivity index (χ3n) is 5.14. The van der Waals surface area contributed by atoms with Crippen LogP contribution in [0.3, 0.4) is 0 Å². The van der Waals surface area contributed by atoms with E-state index >= 15 is 0 Å². The van der Waals surface area contributed by atoms with E-state index in [1.807, 2.05) is 30.3 Å². The molecule has 4 heteroatoms. The summed E-state index contributed by atoms with van der Waals surface area (Å²) >= 11 is 0. The molecule has 2 heterocycles. The zero-order valence-corrected chi connectivity index (χ0v) is 13.7. The minimum atomic E-state index is -0.367. The lowest BCUT2D eigenvalue weighted by atomic mass is 10.0. The van der Waals surface area contributed by atoms with Gasteiger partial charge >= 0.3 is 0 Å². The Hall–Kier alpha value is -0.940. The van der Waals surface area contributed by atoms with Gasteiger partial charge in [-0.15, -0.1) is 0 Å². The molecular weight excluding hydrogens is 274 g/mol. The Bertz CT molecular complexity index is 445. The molecule has 0 radical (unpaired) electrons. The molecule has 2 atom stereocenters. The highest BCUT2D eigenvalue weighted by Crippen LogP contribution is 2.19. The predicted molar refractivity (Wildman–Crippen MR) is 89.9 cm³/mol. The molecule has 1 aromatic rings. The zero-order chi connectivity index (χ0) is 15.4. The highest BCUT2D eigenvalue weighted by molar-refractivity contribution is 5.17. The van der Waals surface area contributed by atoms with Gasteiger partial charge in [-0.2, -0.15) is 0 Å². The maximum absolute atomic E-state index is 10.4. The quantitative estimate of drug-likeness (QED) is 0.911. The molecule has 2 aliphatic rings. The number of hydrogen-bond donors (Lipinski definition) is 1. The zero-order valence-electron chi connectivity index (χ0n) is 13.7. The molecule has 0 saturated carbocycles. The van der Waals surface area contributed by atoms with Crippen LogP contribution in [0.2, 0.25) is 0 Å². The predicted octanol–water partition coefficient (Wildman–Crippen LogP) is 1.43. The molecule has 2 fully saturated rings. The Kier molecular flexibility index (Phi) is 5.47. The van der Waals surface area contributed by atoms with Crippen molar-refractivity contribution in [1.29, 1.82) is 0 Å². The van der Waals surface area contributed by atoms with Crippen molar-refractivity contribution in [1.82, 2.24) is 14.7 Å². The third-order valence-corrected chi connectivity index (χ3v) is 5.14. The van der Waals surface area contributed by atoms with E-state index in [9.17, 15) is 5.11 Å². The summed E-state index contributed by atoms with van der Waals surface area (Å²) in [5, 5.41) is 10.4. The summed E-state index contributed by atoms with van der Waals surface area (Å²) in [7, 11) is 2.23. The number of rotatable bonds is 4. The largest absolute Gasteiger partial charge is 0.387 e. The number of aliphatic hydroxyl groups is 1. The van der Waals surface area contributed by atoms with Gasteiger partial charge in [-0.3, -0.25) is 9.80 Å². The molecule has 3 rings (SSSR count). The average molecular weight is 303 g/mol. The van der Waals surface area contributed by atoms with Gasteiger partial charge < -0.3 is 10.0 Å². The van der Waals surface area contributed by atoms with Gasteiger partial charge in [-0.1, -0.05) is 30.3 Å². The Morgan fingerprint density at radius 2 is 1.82 bits per heavy atom. The van der Waals surface area contributed by atoms with Crippen LogP contribution < -0.4 is 0 Å². The monoisotopic (exact) mass is 303 g/mol. The smallest absolute Gasteiger partial charge is 0.0916 e. The first-order valence-electron chi connectivity index (χ1n) is 8.60. The number of β-amino-alcohol motifs (C(OH)–C–C–N with tert-alkyl or cyclic N) is 1. The summed E-state index contributed by atoms with van der Waals surface area (Å²) in [4.78, 5) is 7.52. The SMILES string of the molecule is CN1CCCC(N2CCN(CC(O)c3ccccc3)CC2)C1. The van der Waals surface area contributed by atoms with Crippen LogP contribution in [-0.2, 0) is 0 Å². The summed E-state index contributed by atoms with van der Waals surface area (Å²) in [6, 6.07) is 10.7. The fraction of sp³-hybridized carbons (Fsp3) is 0.667. The molecular formula is C18H29N3O. The second-order valence-corrected chi connectivity index (χ2v) is 6.82. The highest BCUT2D eigenvalue weighted by atomic mass is 16.3. The Labute approximate surface area is 134 Å². The lowest BCUT2D eigenvalue weighted by Crippen LogP contribution is -2.54. The molecule has 2 unspecified atom stereocenters. The number of nitrogens with zero attached hydrogens (tertiary/aromatic N) is 3. The number of hydrogen-bond acceptors (Lipinski definition) is 4. The summed E-state index contributed by atoms with van der Waals surface area (Å²) < 4.78 is 0. The van der Waals surface area contributed by atoms with Crippen molar-refractivity contribution >= 4 is 0 Å². The summed E-state index contributed by atoms with van der Waals surface area (Å²) in [5.74, 6) is 0. The fourth-order valence-corrected chi connectivity index (χ4v) is 3.77. The maximum atomic E-state index is 10.4. The van der Waals surface area contributed by atoms with Crippen LogP contribution in [0.25, 0.3) is 0 Å². The van der Waals surface area contributed by atoms with Crippen LogP contribution in [0.1, 0.15) is 24.5 Å². The van der Waals surface area contributed by atoms with E-state index in [-0.39, 0.29) is 6.10 Å². The van der Waals surface area contributed by atoms with Gasteiger partial charge in [0, 0.05) is 45.3 Å². The summed E-state index contributed by atoms with van der Waals surface area (Å²) in [6.45, 7) is 7.64. The van der Waals surface area contributed by atoms with Crippen LogP contribution in [0.4, 0.5) is 0 Å². The maximum Gasteiger partial charge on any atom is 0.0916 e. The summed E-state index contributed by atoms with van der Waals surface area (Å²) in [6.07, 6.45) is 2.30. The van der Waals surface area contributed by atoms with Gasteiger partial charge in [0.05, 0.1) is 6.10 Å². The van der Waals surface area contributed by atoms with Crippen molar-refractivity contribution in [3.63, 3.8) is 0 Å². The fourth-order valence-electron chi connectivity index (χ4n) is 3.77. The topological polar surface area (TPSA) is 30.0 Å². The number of piperidine rings is 1. The molecule has 1 aromatic carbocycles. The first-order chi connectivity index (χ1) is 10.7. The first-order valence-corrected chi connectivity index (χ1v) is 8.60. The van der Waals surface area contributed by atoms with Crippen molar-refractivity contribution in [2.24, 2.45) is 0 Å². The second kappa shape index (κ2) is 7.55. The molecule has 0 aromatic heterocycles. The Morgan fingerprint density at radius 1 is 1.09 bits per heavy atom. The molecule has 2 saturated heterocycles. The lowest BCUT2D eigenvalue weighted by molar-refractivity contribution is 0.0371. The number of aliphatic hydroxyl groups excluding tert-OH is 1. The minimum Gasteiger partial charge on any atom is -0.387 e. The number of likely N-dealkylation sites (tertiary alicyclic amines) is 1. The Morgan fingerprint density at radius 3 is 2.50 bits per heavy atom. The van der Waals surface area contributed by atoms with Gasteiger partial charge in [0.15, 0.2) is 0 Å². The van der Waals surface area contributed by atoms with Crippen molar-refractivity contribution in [3.05, 3.63) is 35.9 Å². The molecule has 0 spiro atoms. The molecule has 0 bridgehead atoms. The number of piperazine rings is 1.